The first-order valence-corrected chi connectivity index (χ1v) is 7.33. The molecule has 2 N–H and O–H groups in total. The van der Waals surface area contributed by atoms with Crippen LogP contribution in [0.4, 0.5) is 0 Å². The normalized spacial score (nSPS) is 15.5. The van der Waals surface area contributed by atoms with Crippen LogP contribution in [0.1, 0.15) is 41.2 Å². The van der Waals surface area contributed by atoms with Gasteiger partial charge in [0.05, 0.1) is 6.10 Å². The first kappa shape index (κ1) is 13.8. The number of rotatable bonds is 6. The predicted octanol–water partition coefficient (Wildman–Crippen LogP) is 3.50. The molecule has 1 unspecified atom stereocenters. The number of ketones is 1. The van der Waals surface area contributed by atoms with Crippen molar-refractivity contribution in [3.8, 4) is 5.75 Å². The zero-order valence-corrected chi connectivity index (χ0v) is 11.9. The van der Waals surface area contributed by atoms with Crippen molar-refractivity contribution in [2.45, 2.75) is 31.4 Å². The van der Waals surface area contributed by atoms with Gasteiger partial charge in [-0.1, -0.05) is 42.5 Å². The number of hydrogen-bond donors (Lipinski definition) is 1. The van der Waals surface area contributed by atoms with Gasteiger partial charge in [-0.2, -0.15) is 0 Å². The third kappa shape index (κ3) is 3.70. The molecule has 3 nitrogen and oxygen atoms in total. The van der Waals surface area contributed by atoms with Crippen LogP contribution in [0, 0.1) is 0 Å². The minimum absolute atomic E-state index is 0.0487. The smallest absolute Gasteiger partial charge is 0.164 e. The molecule has 1 atom stereocenters. The molecule has 0 aliphatic heterocycles. The molecule has 3 rings (SSSR count). The van der Waals surface area contributed by atoms with Gasteiger partial charge in [0.15, 0.2) is 5.78 Å². The number of benzene rings is 2. The molecular formula is C18H19NO2. The molecule has 1 aliphatic carbocycles. The Labute approximate surface area is 124 Å². The molecule has 0 saturated heterocycles. The average molecular weight is 281 g/mol. The standard InChI is InChI=1S/C18H19NO2/c19-17(13-5-2-1-3-6-13)12-18(20)14-7-4-8-16(11-14)21-15-9-10-15/h1-8,11,15,17H,9-10,12,19H2. The van der Waals surface area contributed by atoms with Crippen LogP contribution >= 0.6 is 0 Å². The van der Waals surface area contributed by atoms with Gasteiger partial charge >= 0.3 is 0 Å². The van der Waals surface area contributed by atoms with Gasteiger partial charge in [-0.3, -0.25) is 4.79 Å². The average Bonchev–Trinajstić information content (AvgIpc) is 3.32. The van der Waals surface area contributed by atoms with E-state index in [-0.39, 0.29) is 11.8 Å². The zero-order valence-electron chi connectivity index (χ0n) is 11.9. The van der Waals surface area contributed by atoms with Crippen LogP contribution < -0.4 is 10.5 Å². The molecule has 0 bridgehead atoms. The molecule has 0 spiro atoms. The van der Waals surface area contributed by atoms with E-state index in [1.807, 2.05) is 54.6 Å². The highest BCUT2D eigenvalue weighted by atomic mass is 16.5. The highest BCUT2D eigenvalue weighted by Crippen LogP contribution is 2.27. The minimum atomic E-state index is -0.272. The first-order chi connectivity index (χ1) is 10.2. The molecule has 21 heavy (non-hydrogen) atoms. The first-order valence-electron chi connectivity index (χ1n) is 7.33. The maximum atomic E-state index is 12.3. The lowest BCUT2D eigenvalue weighted by Gasteiger charge is -2.12. The molecule has 0 heterocycles. The second-order valence-electron chi connectivity index (χ2n) is 5.49. The van der Waals surface area contributed by atoms with Gasteiger partial charge in [-0.05, 0) is 30.5 Å². The van der Waals surface area contributed by atoms with Crippen molar-refractivity contribution in [2.24, 2.45) is 5.73 Å². The molecule has 0 amide bonds. The van der Waals surface area contributed by atoms with Crippen molar-refractivity contribution in [3.05, 3.63) is 65.7 Å². The fourth-order valence-electron chi connectivity index (χ4n) is 2.26. The van der Waals surface area contributed by atoms with Crippen molar-refractivity contribution in [2.75, 3.05) is 0 Å². The molecule has 0 aromatic heterocycles. The van der Waals surface area contributed by atoms with Crippen molar-refractivity contribution in [3.63, 3.8) is 0 Å². The number of nitrogens with two attached hydrogens (primary N) is 1. The lowest BCUT2D eigenvalue weighted by Crippen LogP contribution is -2.15. The lowest BCUT2D eigenvalue weighted by molar-refractivity contribution is 0.0974. The van der Waals surface area contributed by atoms with E-state index in [1.54, 1.807) is 0 Å². The Balaban J connectivity index is 1.67. The quantitative estimate of drug-likeness (QED) is 0.824. The van der Waals surface area contributed by atoms with Crippen LogP contribution in [-0.2, 0) is 0 Å². The minimum Gasteiger partial charge on any atom is -0.490 e. The van der Waals surface area contributed by atoms with Crippen molar-refractivity contribution in [1.82, 2.24) is 0 Å². The van der Waals surface area contributed by atoms with Gasteiger partial charge in [0.1, 0.15) is 5.75 Å². The molecule has 1 fully saturated rings. The predicted molar refractivity (Wildman–Crippen MR) is 82.4 cm³/mol. The number of carbonyl (C=O) groups is 1. The molecule has 1 saturated carbocycles. The molecule has 0 radical (unpaired) electrons. The zero-order chi connectivity index (χ0) is 14.7. The summed E-state index contributed by atoms with van der Waals surface area (Å²) in [5.74, 6) is 0.823. The monoisotopic (exact) mass is 281 g/mol. The topological polar surface area (TPSA) is 52.3 Å². The van der Waals surface area contributed by atoms with Gasteiger partial charge < -0.3 is 10.5 Å². The number of Topliss-reactive ketones (excluding diaryl/α,β-unsaturated/α-hetero) is 1. The van der Waals surface area contributed by atoms with Crippen LogP contribution in [0.5, 0.6) is 5.75 Å². The summed E-state index contributed by atoms with van der Waals surface area (Å²) in [5.41, 5.74) is 7.76. The fraction of sp³-hybridized carbons (Fsp3) is 0.278. The fourth-order valence-corrected chi connectivity index (χ4v) is 2.26. The molecule has 1 aliphatic rings. The maximum Gasteiger partial charge on any atom is 0.164 e. The van der Waals surface area contributed by atoms with Crippen molar-refractivity contribution >= 4 is 5.78 Å². The van der Waals surface area contributed by atoms with E-state index in [0.29, 0.717) is 18.1 Å². The van der Waals surface area contributed by atoms with Gasteiger partial charge in [-0.15, -0.1) is 0 Å². The summed E-state index contributed by atoms with van der Waals surface area (Å²) in [5, 5.41) is 0. The molecule has 2 aromatic carbocycles. The Kier molecular flexibility index (Phi) is 4.02. The molecule has 2 aromatic rings. The van der Waals surface area contributed by atoms with E-state index in [9.17, 15) is 4.79 Å². The molecular weight excluding hydrogens is 262 g/mol. The summed E-state index contributed by atoms with van der Waals surface area (Å²) < 4.78 is 5.72. The number of carbonyl (C=O) groups excluding carboxylic acids is 1. The number of ether oxygens (including phenoxy) is 1. The summed E-state index contributed by atoms with van der Waals surface area (Å²) in [6.45, 7) is 0. The van der Waals surface area contributed by atoms with Crippen LogP contribution in [0.2, 0.25) is 0 Å². The van der Waals surface area contributed by atoms with Gasteiger partial charge in [0.2, 0.25) is 0 Å². The Bertz CT molecular complexity index is 620. The van der Waals surface area contributed by atoms with E-state index in [1.165, 1.54) is 0 Å². The summed E-state index contributed by atoms with van der Waals surface area (Å²) in [7, 11) is 0. The van der Waals surface area contributed by atoms with E-state index in [0.717, 1.165) is 24.2 Å². The Hall–Kier alpha value is -2.13. The van der Waals surface area contributed by atoms with E-state index in [2.05, 4.69) is 0 Å². The second-order valence-corrected chi connectivity index (χ2v) is 5.49. The van der Waals surface area contributed by atoms with E-state index < -0.39 is 0 Å². The van der Waals surface area contributed by atoms with Gasteiger partial charge in [0, 0.05) is 18.0 Å². The summed E-state index contributed by atoms with van der Waals surface area (Å²) in [6, 6.07) is 16.8. The summed E-state index contributed by atoms with van der Waals surface area (Å²) in [4.78, 5) is 12.3. The largest absolute Gasteiger partial charge is 0.490 e. The number of hydrogen-bond acceptors (Lipinski definition) is 3. The Morgan fingerprint density at radius 2 is 1.90 bits per heavy atom. The SMILES string of the molecule is NC(CC(=O)c1cccc(OC2CC2)c1)c1ccccc1. The second kappa shape index (κ2) is 6.10. The Morgan fingerprint density at radius 3 is 2.62 bits per heavy atom. The highest BCUT2D eigenvalue weighted by molar-refractivity contribution is 5.96. The highest BCUT2D eigenvalue weighted by Gasteiger charge is 2.23. The Morgan fingerprint density at radius 1 is 1.14 bits per heavy atom. The van der Waals surface area contributed by atoms with Crippen LogP contribution in [0.15, 0.2) is 54.6 Å². The van der Waals surface area contributed by atoms with Gasteiger partial charge in [-0.25, -0.2) is 0 Å². The molecule has 108 valence electrons. The van der Waals surface area contributed by atoms with Crippen LogP contribution in [-0.4, -0.2) is 11.9 Å². The summed E-state index contributed by atoms with van der Waals surface area (Å²) >= 11 is 0. The van der Waals surface area contributed by atoms with Gasteiger partial charge in [0.25, 0.3) is 0 Å². The maximum absolute atomic E-state index is 12.3. The summed E-state index contributed by atoms with van der Waals surface area (Å²) in [6.07, 6.45) is 2.85. The molecule has 3 heteroatoms. The van der Waals surface area contributed by atoms with Crippen LogP contribution in [0.25, 0.3) is 0 Å². The third-order valence-electron chi connectivity index (χ3n) is 3.62. The van der Waals surface area contributed by atoms with E-state index in [4.69, 9.17) is 10.5 Å². The lowest BCUT2D eigenvalue weighted by atomic mass is 9.99. The van der Waals surface area contributed by atoms with Crippen molar-refractivity contribution in [1.29, 1.82) is 0 Å². The third-order valence-corrected chi connectivity index (χ3v) is 3.62. The van der Waals surface area contributed by atoms with E-state index >= 15 is 0 Å². The van der Waals surface area contributed by atoms with Crippen molar-refractivity contribution < 1.29 is 9.53 Å². The van der Waals surface area contributed by atoms with Crippen LogP contribution in [0.3, 0.4) is 0 Å².